The van der Waals surface area contributed by atoms with Gasteiger partial charge in [-0.25, -0.2) is 9.07 Å². The van der Waals surface area contributed by atoms with Gasteiger partial charge in [-0.15, -0.1) is 5.10 Å². The fourth-order valence-electron chi connectivity index (χ4n) is 3.31. The van der Waals surface area contributed by atoms with Crippen molar-refractivity contribution in [2.75, 3.05) is 5.32 Å². The van der Waals surface area contributed by atoms with Gasteiger partial charge in [-0.1, -0.05) is 12.1 Å². The molecule has 0 radical (unpaired) electrons. The minimum atomic E-state index is -0.801. The first kappa shape index (κ1) is 18.3. The van der Waals surface area contributed by atoms with Crippen molar-refractivity contribution in [3.05, 3.63) is 81.3 Å². The largest absolute Gasteiger partial charge is 0.366 e. The number of nitrogens with two attached hydrogens (primary N) is 1. The Hall–Kier alpha value is -4.08. The standard InChI is InChI=1S/C19H15FN6O3/c1-10-15(17(21)27)16(12-3-2-4-14(9-12)26(28)29)25-19(22-10)23-18(24-25)11-5-7-13(20)8-6-11/h2-9,16H,1H3,(H2,21,27)(H,22,23,24). The van der Waals surface area contributed by atoms with Gasteiger partial charge in [0.25, 0.3) is 5.69 Å². The number of hydrogen-bond donors (Lipinski definition) is 2. The molecule has 1 aliphatic rings. The molecule has 10 heteroatoms. The van der Waals surface area contributed by atoms with Crippen LogP contribution in [0.3, 0.4) is 0 Å². The highest BCUT2D eigenvalue weighted by molar-refractivity contribution is 5.95. The SMILES string of the molecule is CC1=C(C(N)=O)C(c2cccc([N+](=O)[O-])c2)n2nc(-c3ccc(F)cc3)nc2N1. The number of hydrogen-bond acceptors (Lipinski definition) is 6. The van der Waals surface area contributed by atoms with E-state index in [2.05, 4.69) is 15.4 Å². The number of benzene rings is 2. The maximum atomic E-state index is 13.2. The number of non-ortho nitro benzene ring substituents is 1. The highest BCUT2D eigenvalue weighted by Gasteiger charge is 2.34. The topological polar surface area (TPSA) is 129 Å². The number of nitrogens with zero attached hydrogens (tertiary/aromatic N) is 4. The lowest BCUT2D eigenvalue weighted by Gasteiger charge is -2.27. The third-order valence-electron chi connectivity index (χ3n) is 4.62. The van der Waals surface area contributed by atoms with Crippen LogP contribution in [0.1, 0.15) is 18.5 Å². The second-order valence-corrected chi connectivity index (χ2v) is 6.49. The summed E-state index contributed by atoms with van der Waals surface area (Å²) in [5, 5.41) is 18.7. The fraction of sp³-hybridized carbons (Fsp3) is 0.105. The van der Waals surface area contributed by atoms with Crippen LogP contribution in [0, 0.1) is 15.9 Å². The van der Waals surface area contributed by atoms with Crippen LogP contribution < -0.4 is 11.1 Å². The van der Waals surface area contributed by atoms with Gasteiger partial charge in [0.15, 0.2) is 5.82 Å². The molecule has 146 valence electrons. The minimum Gasteiger partial charge on any atom is -0.366 e. The number of anilines is 1. The summed E-state index contributed by atoms with van der Waals surface area (Å²) in [7, 11) is 0. The van der Waals surface area contributed by atoms with Crippen molar-refractivity contribution >= 4 is 17.5 Å². The number of nitro benzene ring substituents is 1. The Labute approximate surface area is 163 Å². The number of aromatic nitrogens is 3. The van der Waals surface area contributed by atoms with Crippen molar-refractivity contribution < 1.29 is 14.1 Å². The molecule has 1 atom stereocenters. The fourth-order valence-corrected chi connectivity index (χ4v) is 3.31. The summed E-state index contributed by atoms with van der Waals surface area (Å²) < 4.78 is 14.7. The molecule has 0 bridgehead atoms. The van der Waals surface area contributed by atoms with Crippen LogP contribution in [0.15, 0.2) is 59.8 Å². The summed E-state index contributed by atoms with van der Waals surface area (Å²) in [5.74, 6) is -0.431. The smallest absolute Gasteiger partial charge is 0.269 e. The van der Waals surface area contributed by atoms with E-state index in [0.29, 0.717) is 28.6 Å². The second kappa shape index (κ2) is 6.82. The average Bonchev–Trinajstić information content (AvgIpc) is 3.10. The van der Waals surface area contributed by atoms with Gasteiger partial charge in [-0.2, -0.15) is 4.98 Å². The molecule has 1 unspecified atom stereocenters. The summed E-state index contributed by atoms with van der Waals surface area (Å²) in [6.07, 6.45) is 0. The zero-order valence-electron chi connectivity index (χ0n) is 15.2. The molecule has 2 aromatic carbocycles. The molecule has 0 spiro atoms. The Balaban J connectivity index is 1.88. The summed E-state index contributed by atoms with van der Waals surface area (Å²) in [6.45, 7) is 1.67. The van der Waals surface area contributed by atoms with E-state index in [0.717, 1.165) is 0 Å². The number of fused-ring (bicyclic) bond motifs is 1. The maximum Gasteiger partial charge on any atom is 0.269 e. The lowest BCUT2D eigenvalue weighted by Crippen LogP contribution is -2.31. The molecule has 3 aromatic rings. The molecule has 0 saturated heterocycles. The summed E-state index contributed by atoms with van der Waals surface area (Å²) >= 11 is 0. The molecule has 2 heterocycles. The molecule has 1 aromatic heterocycles. The van der Waals surface area contributed by atoms with Crippen LogP contribution in [-0.4, -0.2) is 25.6 Å². The van der Waals surface area contributed by atoms with E-state index in [9.17, 15) is 19.3 Å². The highest BCUT2D eigenvalue weighted by atomic mass is 19.1. The number of rotatable bonds is 4. The molecule has 1 amide bonds. The number of nitro groups is 1. The van der Waals surface area contributed by atoms with Gasteiger partial charge in [0.05, 0.1) is 10.5 Å². The van der Waals surface area contributed by atoms with Gasteiger partial charge in [0.2, 0.25) is 11.9 Å². The number of carbonyl (C=O) groups is 1. The van der Waals surface area contributed by atoms with Gasteiger partial charge < -0.3 is 11.1 Å². The van der Waals surface area contributed by atoms with Crippen LogP contribution in [0.25, 0.3) is 11.4 Å². The van der Waals surface area contributed by atoms with Crippen molar-refractivity contribution in [2.45, 2.75) is 13.0 Å². The Morgan fingerprint density at radius 1 is 1.28 bits per heavy atom. The number of halogens is 1. The number of carbonyl (C=O) groups excluding carboxylic acids is 1. The molecule has 0 aliphatic carbocycles. The zero-order valence-corrected chi connectivity index (χ0v) is 15.2. The molecule has 9 nitrogen and oxygen atoms in total. The van der Waals surface area contributed by atoms with Gasteiger partial charge in [-0.3, -0.25) is 14.9 Å². The van der Waals surface area contributed by atoms with Gasteiger partial charge >= 0.3 is 0 Å². The van der Waals surface area contributed by atoms with Crippen molar-refractivity contribution in [1.29, 1.82) is 0 Å². The molecule has 3 N–H and O–H groups in total. The van der Waals surface area contributed by atoms with E-state index in [1.54, 1.807) is 13.0 Å². The maximum absolute atomic E-state index is 13.2. The average molecular weight is 394 g/mol. The van der Waals surface area contributed by atoms with Crippen LogP contribution in [0.4, 0.5) is 16.0 Å². The molecule has 1 aliphatic heterocycles. The van der Waals surface area contributed by atoms with Crippen LogP contribution in [0.2, 0.25) is 0 Å². The summed E-state index contributed by atoms with van der Waals surface area (Å²) in [4.78, 5) is 27.3. The van der Waals surface area contributed by atoms with E-state index in [4.69, 9.17) is 5.73 Å². The second-order valence-electron chi connectivity index (χ2n) is 6.49. The first-order chi connectivity index (χ1) is 13.8. The quantitative estimate of drug-likeness (QED) is 0.517. The molecule has 0 fully saturated rings. The monoisotopic (exact) mass is 394 g/mol. The predicted molar refractivity (Wildman–Crippen MR) is 102 cm³/mol. The third-order valence-corrected chi connectivity index (χ3v) is 4.62. The molecule has 29 heavy (non-hydrogen) atoms. The number of nitrogens with one attached hydrogen (secondary N) is 1. The minimum absolute atomic E-state index is 0.122. The van der Waals surface area contributed by atoms with Gasteiger partial charge in [0, 0.05) is 23.4 Å². The summed E-state index contributed by atoms with van der Waals surface area (Å²) in [5.41, 5.74) is 7.21. The van der Waals surface area contributed by atoms with E-state index in [1.807, 2.05) is 0 Å². The van der Waals surface area contributed by atoms with Crippen molar-refractivity contribution in [2.24, 2.45) is 5.73 Å². The molecule has 0 saturated carbocycles. The first-order valence-electron chi connectivity index (χ1n) is 8.59. The van der Waals surface area contributed by atoms with E-state index in [1.165, 1.54) is 47.1 Å². The third kappa shape index (κ3) is 3.20. The number of primary amides is 1. The van der Waals surface area contributed by atoms with Crippen LogP contribution in [0.5, 0.6) is 0 Å². The zero-order chi connectivity index (χ0) is 20.7. The first-order valence-corrected chi connectivity index (χ1v) is 8.59. The van der Waals surface area contributed by atoms with Crippen LogP contribution >= 0.6 is 0 Å². The Morgan fingerprint density at radius 3 is 2.66 bits per heavy atom. The van der Waals surface area contributed by atoms with Gasteiger partial charge in [-0.05, 0) is 36.8 Å². The molecular weight excluding hydrogens is 379 g/mol. The van der Waals surface area contributed by atoms with Crippen LogP contribution in [-0.2, 0) is 4.79 Å². The van der Waals surface area contributed by atoms with E-state index < -0.39 is 16.9 Å². The van der Waals surface area contributed by atoms with Gasteiger partial charge in [0.1, 0.15) is 11.9 Å². The molecular formula is C19H15FN6O3. The highest BCUT2D eigenvalue weighted by Crippen LogP contribution is 2.36. The van der Waals surface area contributed by atoms with Crippen molar-refractivity contribution in [3.8, 4) is 11.4 Å². The Kier molecular flexibility index (Phi) is 4.30. The van der Waals surface area contributed by atoms with Crippen molar-refractivity contribution in [1.82, 2.24) is 14.8 Å². The lowest BCUT2D eigenvalue weighted by atomic mass is 9.95. The number of amides is 1. The predicted octanol–water partition coefficient (Wildman–Crippen LogP) is 2.77. The Morgan fingerprint density at radius 2 is 2.00 bits per heavy atom. The van der Waals surface area contributed by atoms with Crippen molar-refractivity contribution in [3.63, 3.8) is 0 Å². The van der Waals surface area contributed by atoms with E-state index in [-0.39, 0.29) is 17.1 Å². The lowest BCUT2D eigenvalue weighted by molar-refractivity contribution is -0.384. The number of allylic oxidation sites excluding steroid dienone is 1. The molecule has 4 rings (SSSR count). The van der Waals surface area contributed by atoms with E-state index >= 15 is 0 Å². The normalized spacial score (nSPS) is 15.6. The Bertz CT molecular complexity index is 1170. The summed E-state index contributed by atoms with van der Waals surface area (Å²) in [6, 6.07) is 10.8.